The first kappa shape index (κ1) is 19.3. The Bertz CT molecular complexity index is 397. The van der Waals surface area contributed by atoms with Crippen LogP contribution >= 0.6 is 0 Å². The standard InChI is InChI=1S/C15H25NO5/c1-5-6-10(7-11(18)8-15(2,3)4)13(19)16-12(9-17)14(20)21/h5,10,12,17H,1,6-9H2,2-4H3,(H,16,19)(H,20,21)/t10-,12+/m1/s1. The first-order valence-corrected chi connectivity index (χ1v) is 6.87. The van der Waals surface area contributed by atoms with E-state index in [2.05, 4.69) is 11.9 Å². The highest BCUT2D eigenvalue weighted by Crippen LogP contribution is 2.22. The van der Waals surface area contributed by atoms with E-state index in [0.717, 1.165) is 0 Å². The Hall–Kier alpha value is -1.69. The molecule has 0 radical (unpaired) electrons. The number of aliphatic carboxylic acids is 1. The van der Waals surface area contributed by atoms with Gasteiger partial charge in [0.05, 0.1) is 6.61 Å². The predicted molar refractivity (Wildman–Crippen MR) is 78.7 cm³/mol. The number of nitrogens with one attached hydrogen (secondary N) is 1. The molecule has 6 nitrogen and oxygen atoms in total. The quantitative estimate of drug-likeness (QED) is 0.554. The molecule has 0 saturated heterocycles. The van der Waals surface area contributed by atoms with Crippen LogP contribution in [0.5, 0.6) is 0 Å². The van der Waals surface area contributed by atoms with Crippen LogP contribution in [0.25, 0.3) is 0 Å². The number of aliphatic hydroxyl groups is 1. The summed E-state index contributed by atoms with van der Waals surface area (Å²) in [7, 11) is 0. The van der Waals surface area contributed by atoms with Gasteiger partial charge in [-0.25, -0.2) is 4.79 Å². The van der Waals surface area contributed by atoms with Gasteiger partial charge in [-0.3, -0.25) is 9.59 Å². The third kappa shape index (κ3) is 8.24. The van der Waals surface area contributed by atoms with Crippen molar-refractivity contribution in [3.05, 3.63) is 12.7 Å². The molecule has 0 aliphatic heterocycles. The van der Waals surface area contributed by atoms with E-state index in [1.165, 1.54) is 6.08 Å². The van der Waals surface area contributed by atoms with Gasteiger partial charge in [0.25, 0.3) is 0 Å². The maximum atomic E-state index is 12.0. The molecule has 0 saturated carbocycles. The van der Waals surface area contributed by atoms with Gasteiger partial charge in [0.15, 0.2) is 0 Å². The van der Waals surface area contributed by atoms with Gasteiger partial charge in [-0.2, -0.15) is 0 Å². The third-order valence-electron chi connectivity index (χ3n) is 2.82. The van der Waals surface area contributed by atoms with E-state index in [0.29, 0.717) is 6.42 Å². The smallest absolute Gasteiger partial charge is 0.328 e. The van der Waals surface area contributed by atoms with Crippen molar-refractivity contribution < 1.29 is 24.6 Å². The van der Waals surface area contributed by atoms with Crippen LogP contribution < -0.4 is 5.32 Å². The van der Waals surface area contributed by atoms with Crippen molar-refractivity contribution >= 4 is 17.7 Å². The average molecular weight is 299 g/mol. The van der Waals surface area contributed by atoms with Crippen molar-refractivity contribution in [2.24, 2.45) is 11.3 Å². The molecular weight excluding hydrogens is 274 g/mol. The van der Waals surface area contributed by atoms with Crippen LogP contribution in [0.3, 0.4) is 0 Å². The van der Waals surface area contributed by atoms with E-state index >= 15 is 0 Å². The van der Waals surface area contributed by atoms with Crippen LogP contribution in [0, 0.1) is 11.3 Å². The monoisotopic (exact) mass is 299 g/mol. The SMILES string of the molecule is C=CC[C@H](CC(=O)CC(C)(C)C)C(=O)N[C@@H](CO)C(=O)O. The number of hydrogen-bond acceptors (Lipinski definition) is 4. The zero-order valence-corrected chi connectivity index (χ0v) is 12.9. The van der Waals surface area contributed by atoms with E-state index in [1.807, 2.05) is 20.8 Å². The Morgan fingerprint density at radius 2 is 1.86 bits per heavy atom. The summed E-state index contributed by atoms with van der Waals surface area (Å²) in [5.41, 5.74) is -0.166. The summed E-state index contributed by atoms with van der Waals surface area (Å²) in [6.45, 7) is 8.64. The van der Waals surface area contributed by atoms with Crippen molar-refractivity contribution in [3.63, 3.8) is 0 Å². The molecule has 0 unspecified atom stereocenters. The fraction of sp³-hybridized carbons (Fsp3) is 0.667. The normalized spacial score (nSPS) is 14.1. The summed E-state index contributed by atoms with van der Waals surface area (Å²) in [6.07, 6.45) is 2.17. The lowest BCUT2D eigenvalue weighted by Gasteiger charge is -2.21. The highest BCUT2D eigenvalue weighted by molar-refractivity contribution is 5.89. The summed E-state index contributed by atoms with van der Waals surface area (Å²) < 4.78 is 0. The molecular formula is C15H25NO5. The lowest BCUT2D eigenvalue weighted by molar-refractivity contribution is -0.143. The molecule has 0 rings (SSSR count). The number of hydrogen-bond donors (Lipinski definition) is 3. The fourth-order valence-corrected chi connectivity index (χ4v) is 1.90. The van der Waals surface area contributed by atoms with Gasteiger partial charge in [0.1, 0.15) is 11.8 Å². The van der Waals surface area contributed by atoms with Crippen molar-refractivity contribution in [2.45, 2.75) is 46.1 Å². The molecule has 0 aliphatic carbocycles. The molecule has 3 N–H and O–H groups in total. The number of allylic oxidation sites excluding steroid dienone is 1. The summed E-state index contributed by atoms with van der Waals surface area (Å²) in [5.74, 6) is -2.59. The van der Waals surface area contributed by atoms with Crippen LogP contribution in [0.15, 0.2) is 12.7 Å². The molecule has 0 spiro atoms. The zero-order chi connectivity index (χ0) is 16.6. The molecule has 0 aliphatic rings. The van der Waals surface area contributed by atoms with Gasteiger partial charge in [-0.1, -0.05) is 26.8 Å². The van der Waals surface area contributed by atoms with E-state index < -0.39 is 30.4 Å². The van der Waals surface area contributed by atoms with Crippen LogP contribution in [0.4, 0.5) is 0 Å². The number of aliphatic hydroxyl groups excluding tert-OH is 1. The van der Waals surface area contributed by atoms with E-state index in [4.69, 9.17) is 10.2 Å². The Kier molecular flexibility index (Phi) is 7.88. The number of rotatable bonds is 9. The van der Waals surface area contributed by atoms with Gasteiger partial charge < -0.3 is 15.5 Å². The molecule has 2 atom stereocenters. The number of Topliss-reactive ketones (excluding diaryl/α,β-unsaturated/α-hetero) is 1. The number of amides is 1. The molecule has 0 aromatic rings. The second-order valence-electron chi connectivity index (χ2n) is 6.28. The molecule has 1 amide bonds. The van der Waals surface area contributed by atoms with E-state index in [9.17, 15) is 14.4 Å². The van der Waals surface area contributed by atoms with Crippen molar-refractivity contribution in [1.29, 1.82) is 0 Å². The molecule has 0 aromatic heterocycles. The summed E-state index contributed by atoms with van der Waals surface area (Å²) in [5, 5.41) is 19.9. The first-order valence-electron chi connectivity index (χ1n) is 6.87. The zero-order valence-electron chi connectivity index (χ0n) is 12.9. The predicted octanol–water partition coefficient (Wildman–Crippen LogP) is 1.14. The van der Waals surface area contributed by atoms with E-state index in [1.54, 1.807) is 0 Å². The summed E-state index contributed by atoms with van der Waals surface area (Å²) in [6, 6.07) is -1.36. The maximum Gasteiger partial charge on any atom is 0.328 e. The highest BCUT2D eigenvalue weighted by Gasteiger charge is 2.27. The Morgan fingerprint density at radius 3 is 2.24 bits per heavy atom. The van der Waals surface area contributed by atoms with Crippen LogP contribution in [0.2, 0.25) is 0 Å². The number of carbonyl (C=O) groups is 3. The topological polar surface area (TPSA) is 104 Å². The molecule has 6 heteroatoms. The second kappa shape index (κ2) is 8.56. The summed E-state index contributed by atoms with van der Waals surface area (Å²) in [4.78, 5) is 34.8. The molecule has 0 heterocycles. The number of ketones is 1. The lowest BCUT2D eigenvalue weighted by Crippen LogP contribution is -2.46. The number of carbonyl (C=O) groups excluding carboxylic acids is 2. The van der Waals surface area contributed by atoms with E-state index in [-0.39, 0.29) is 24.0 Å². The third-order valence-corrected chi connectivity index (χ3v) is 2.82. The molecule has 21 heavy (non-hydrogen) atoms. The van der Waals surface area contributed by atoms with Crippen LogP contribution in [-0.2, 0) is 14.4 Å². The largest absolute Gasteiger partial charge is 0.480 e. The highest BCUT2D eigenvalue weighted by atomic mass is 16.4. The van der Waals surface area contributed by atoms with Crippen LogP contribution in [0.1, 0.15) is 40.0 Å². The fourth-order valence-electron chi connectivity index (χ4n) is 1.90. The van der Waals surface area contributed by atoms with Gasteiger partial charge in [0.2, 0.25) is 5.91 Å². The van der Waals surface area contributed by atoms with Crippen molar-refractivity contribution in [3.8, 4) is 0 Å². The van der Waals surface area contributed by atoms with Crippen molar-refractivity contribution in [2.75, 3.05) is 6.61 Å². The maximum absolute atomic E-state index is 12.0. The van der Waals surface area contributed by atoms with Gasteiger partial charge in [-0.15, -0.1) is 6.58 Å². The van der Waals surface area contributed by atoms with Gasteiger partial charge in [0, 0.05) is 18.8 Å². The average Bonchev–Trinajstić information content (AvgIpc) is 2.32. The van der Waals surface area contributed by atoms with Crippen LogP contribution in [-0.4, -0.2) is 40.5 Å². The molecule has 0 aromatic carbocycles. The minimum absolute atomic E-state index is 0.0346. The Morgan fingerprint density at radius 1 is 1.29 bits per heavy atom. The minimum Gasteiger partial charge on any atom is -0.480 e. The van der Waals surface area contributed by atoms with Gasteiger partial charge >= 0.3 is 5.97 Å². The van der Waals surface area contributed by atoms with Gasteiger partial charge in [-0.05, 0) is 11.8 Å². The Labute approximate surface area is 125 Å². The minimum atomic E-state index is -1.36. The lowest BCUT2D eigenvalue weighted by atomic mass is 9.86. The molecule has 0 bridgehead atoms. The molecule has 0 fully saturated rings. The number of carboxylic acid groups (broad SMARTS) is 1. The number of carboxylic acids is 1. The summed E-state index contributed by atoms with van der Waals surface area (Å²) >= 11 is 0. The second-order valence-corrected chi connectivity index (χ2v) is 6.28. The Balaban J connectivity index is 4.73. The van der Waals surface area contributed by atoms with Crippen molar-refractivity contribution in [1.82, 2.24) is 5.32 Å². The first-order chi connectivity index (χ1) is 9.60. The molecule has 120 valence electrons.